The van der Waals surface area contributed by atoms with Crippen molar-refractivity contribution in [1.29, 1.82) is 0 Å². The Morgan fingerprint density at radius 1 is 1.33 bits per heavy atom. The number of guanidine groups is 1. The molecule has 0 bridgehead atoms. The summed E-state index contributed by atoms with van der Waals surface area (Å²) in [6, 6.07) is 6.05. The number of nitrogens with zero attached hydrogens (tertiary/aromatic N) is 1. The number of halogens is 2. The van der Waals surface area contributed by atoms with Gasteiger partial charge in [0.05, 0.1) is 0 Å². The van der Waals surface area contributed by atoms with Gasteiger partial charge in [-0.25, -0.2) is 0 Å². The summed E-state index contributed by atoms with van der Waals surface area (Å²) in [5.41, 5.74) is 6.33. The zero-order valence-electron chi connectivity index (χ0n) is 10.4. The van der Waals surface area contributed by atoms with Crippen LogP contribution in [0.2, 0.25) is 0 Å². The van der Waals surface area contributed by atoms with Crippen LogP contribution in [-0.2, 0) is 0 Å². The number of aliphatic imine (C=N–C) groups is 1. The van der Waals surface area contributed by atoms with Crippen molar-refractivity contribution in [3.05, 3.63) is 24.3 Å². The Bertz CT molecular complexity index is 391. The first-order valence-corrected chi connectivity index (χ1v) is 5.59. The van der Waals surface area contributed by atoms with Crippen LogP contribution in [0, 0.1) is 5.92 Å². The van der Waals surface area contributed by atoms with E-state index >= 15 is 0 Å². The van der Waals surface area contributed by atoms with E-state index in [1.165, 1.54) is 12.1 Å². The molecular weight excluding hydrogens is 240 g/mol. The molecule has 4 nitrogen and oxygen atoms in total. The highest BCUT2D eigenvalue weighted by molar-refractivity contribution is 5.92. The molecule has 0 aromatic heterocycles. The average Bonchev–Trinajstić information content (AvgIpc) is 2.28. The lowest BCUT2D eigenvalue weighted by atomic mass is 10.2. The van der Waals surface area contributed by atoms with E-state index in [9.17, 15) is 8.78 Å². The third-order valence-corrected chi connectivity index (χ3v) is 1.98. The molecule has 0 amide bonds. The highest BCUT2D eigenvalue weighted by atomic mass is 19.3. The molecule has 0 saturated carbocycles. The van der Waals surface area contributed by atoms with E-state index < -0.39 is 6.61 Å². The lowest BCUT2D eigenvalue weighted by molar-refractivity contribution is -0.0498. The number of alkyl halides is 2. The fraction of sp³-hybridized carbons (Fsp3) is 0.417. The predicted molar refractivity (Wildman–Crippen MR) is 68.0 cm³/mol. The molecular formula is C12H17F2N3O. The van der Waals surface area contributed by atoms with Gasteiger partial charge in [-0.1, -0.05) is 13.8 Å². The van der Waals surface area contributed by atoms with Gasteiger partial charge in [0, 0.05) is 12.2 Å². The second kappa shape index (κ2) is 6.78. The third kappa shape index (κ3) is 5.47. The molecule has 0 aliphatic heterocycles. The standard InChI is InChI=1S/C12H17F2N3O/c1-8(2)7-16-12(15)17-9-3-5-10(6-4-9)18-11(13)14/h3-6,8,11H,7H2,1-2H3,(H3,15,16,17). The van der Waals surface area contributed by atoms with Gasteiger partial charge in [-0.15, -0.1) is 0 Å². The SMILES string of the molecule is CC(C)CN=C(N)Nc1ccc(OC(F)F)cc1. The molecule has 0 atom stereocenters. The van der Waals surface area contributed by atoms with Crippen molar-refractivity contribution in [2.45, 2.75) is 20.5 Å². The van der Waals surface area contributed by atoms with E-state index in [2.05, 4.69) is 15.0 Å². The van der Waals surface area contributed by atoms with Gasteiger partial charge in [0.15, 0.2) is 5.96 Å². The minimum atomic E-state index is -2.82. The first kappa shape index (κ1) is 14.2. The minimum Gasteiger partial charge on any atom is -0.435 e. The van der Waals surface area contributed by atoms with Crippen molar-refractivity contribution in [1.82, 2.24) is 0 Å². The van der Waals surface area contributed by atoms with Gasteiger partial charge >= 0.3 is 6.61 Å². The largest absolute Gasteiger partial charge is 0.435 e. The van der Waals surface area contributed by atoms with Crippen molar-refractivity contribution >= 4 is 11.6 Å². The van der Waals surface area contributed by atoms with Crippen molar-refractivity contribution in [3.63, 3.8) is 0 Å². The fourth-order valence-electron chi connectivity index (χ4n) is 1.19. The highest BCUT2D eigenvalue weighted by Crippen LogP contribution is 2.17. The zero-order valence-corrected chi connectivity index (χ0v) is 10.4. The summed E-state index contributed by atoms with van der Waals surface area (Å²) >= 11 is 0. The Kier molecular flexibility index (Phi) is 5.35. The Labute approximate surface area is 105 Å². The van der Waals surface area contributed by atoms with Crippen LogP contribution < -0.4 is 15.8 Å². The van der Waals surface area contributed by atoms with Crippen molar-refractivity contribution in [3.8, 4) is 5.75 Å². The summed E-state index contributed by atoms with van der Waals surface area (Å²) in [4.78, 5) is 4.12. The van der Waals surface area contributed by atoms with Gasteiger partial charge in [0.25, 0.3) is 0 Å². The molecule has 0 unspecified atom stereocenters. The molecule has 0 radical (unpaired) electrons. The maximum atomic E-state index is 11.9. The van der Waals surface area contributed by atoms with Crippen LogP contribution in [0.15, 0.2) is 29.3 Å². The number of hydrogen-bond donors (Lipinski definition) is 2. The molecule has 0 aliphatic carbocycles. The van der Waals surface area contributed by atoms with Crippen molar-refractivity contribution in [2.75, 3.05) is 11.9 Å². The first-order chi connectivity index (χ1) is 8.47. The first-order valence-electron chi connectivity index (χ1n) is 5.59. The summed E-state index contributed by atoms with van der Waals surface area (Å²) in [7, 11) is 0. The molecule has 100 valence electrons. The topological polar surface area (TPSA) is 59.6 Å². The minimum absolute atomic E-state index is 0.105. The van der Waals surface area contributed by atoms with Crippen LogP contribution in [0.3, 0.4) is 0 Å². The van der Waals surface area contributed by atoms with E-state index in [0.29, 0.717) is 24.1 Å². The molecule has 3 N–H and O–H groups in total. The molecule has 0 aliphatic rings. The molecule has 0 fully saturated rings. The Hall–Kier alpha value is -1.85. The van der Waals surface area contributed by atoms with Gasteiger partial charge in [0.1, 0.15) is 5.75 Å². The Morgan fingerprint density at radius 3 is 2.44 bits per heavy atom. The van der Waals surface area contributed by atoms with Gasteiger partial charge < -0.3 is 15.8 Å². The van der Waals surface area contributed by atoms with Crippen molar-refractivity contribution < 1.29 is 13.5 Å². The Balaban J connectivity index is 2.55. The lowest BCUT2D eigenvalue weighted by Gasteiger charge is -2.08. The second-order valence-corrected chi connectivity index (χ2v) is 4.15. The number of anilines is 1. The van der Waals surface area contributed by atoms with Gasteiger partial charge in [-0.05, 0) is 30.2 Å². The van der Waals surface area contributed by atoms with Crippen LogP contribution >= 0.6 is 0 Å². The summed E-state index contributed by atoms with van der Waals surface area (Å²) in [6.45, 7) is 1.88. The Morgan fingerprint density at radius 2 is 1.94 bits per heavy atom. The van der Waals surface area contributed by atoms with E-state index in [4.69, 9.17) is 5.73 Å². The van der Waals surface area contributed by atoms with Gasteiger partial charge in [-0.3, -0.25) is 4.99 Å². The van der Waals surface area contributed by atoms with Gasteiger partial charge in [0.2, 0.25) is 0 Å². The van der Waals surface area contributed by atoms with Gasteiger partial charge in [-0.2, -0.15) is 8.78 Å². The molecule has 18 heavy (non-hydrogen) atoms. The second-order valence-electron chi connectivity index (χ2n) is 4.15. The predicted octanol–water partition coefficient (Wildman–Crippen LogP) is 2.67. The molecule has 1 aromatic rings. The summed E-state index contributed by atoms with van der Waals surface area (Å²) in [5, 5.41) is 2.86. The zero-order chi connectivity index (χ0) is 13.5. The molecule has 1 aromatic carbocycles. The molecule has 6 heteroatoms. The summed E-state index contributed by atoms with van der Waals surface area (Å²) < 4.78 is 28.1. The number of nitrogens with two attached hydrogens (primary N) is 1. The highest BCUT2D eigenvalue weighted by Gasteiger charge is 2.03. The fourth-order valence-corrected chi connectivity index (χ4v) is 1.19. The van der Waals surface area contributed by atoms with Crippen LogP contribution in [0.25, 0.3) is 0 Å². The molecule has 0 spiro atoms. The van der Waals surface area contributed by atoms with Crippen LogP contribution in [0.5, 0.6) is 5.75 Å². The quantitative estimate of drug-likeness (QED) is 0.629. The maximum Gasteiger partial charge on any atom is 0.387 e. The molecule has 0 heterocycles. The van der Waals surface area contributed by atoms with Crippen LogP contribution in [0.1, 0.15) is 13.8 Å². The number of benzene rings is 1. The van der Waals surface area contributed by atoms with E-state index in [1.54, 1.807) is 12.1 Å². The molecule has 1 rings (SSSR count). The van der Waals surface area contributed by atoms with E-state index in [-0.39, 0.29) is 5.75 Å². The van der Waals surface area contributed by atoms with Crippen LogP contribution in [-0.4, -0.2) is 19.1 Å². The monoisotopic (exact) mass is 257 g/mol. The third-order valence-electron chi connectivity index (χ3n) is 1.98. The number of nitrogens with one attached hydrogen (secondary N) is 1. The molecule has 0 saturated heterocycles. The van der Waals surface area contributed by atoms with Crippen molar-refractivity contribution in [2.24, 2.45) is 16.6 Å². The number of rotatable bonds is 5. The smallest absolute Gasteiger partial charge is 0.387 e. The summed E-state index contributed by atoms with van der Waals surface area (Å²) in [6.07, 6.45) is 0. The number of ether oxygens (including phenoxy) is 1. The number of hydrogen-bond acceptors (Lipinski definition) is 2. The van der Waals surface area contributed by atoms with E-state index in [1.807, 2.05) is 13.8 Å². The normalized spacial score (nSPS) is 12.0. The average molecular weight is 257 g/mol. The lowest BCUT2D eigenvalue weighted by Crippen LogP contribution is -2.23. The van der Waals surface area contributed by atoms with E-state index in [0.717, 1.165) is 0 Å². The van der Waals surface area contributed by atoms with Crippen LogP contribution in [0.4, 0.5) is 14.5 Å². The summed E-state index contributed by atoms with van der Waals surface area (Å²) in [5.74, 6) is 0.826. The maximum absolute atomic E-state index is 11.9.